The predicted molar refractivity (Wildman–Crippen MR) is 47.2 cm³/mol. The summed E-state index contributed by atoms with van der Waals surface area (Å²) in [5.41, 5.74) is 0.360. The first-order valence-electron chi connectivity index (χ1n) is 4.84. The summed E-state index contributed by atoms with van der Waals surface area (Å²) in [6, 6.07) is 0. The summed E-state index contributed by atoms with van der Waals surface area (Å²) < 4.78 is 10.2. The average molecular weight is 184 g/mol. The van der Waals surface area contributed by atoms with Gasteiger partial charge >= 0.3 is 5.97 Å². The second kappa shape index (κ2) is 2.98. The molecule has 2 fully saturated rings. The fourth-order valence-electron chi connectivity index (χ4n) is 2.71. The maximum Gasteiger partial charge on any atom is 0.305 e. The molecule has 0 amide bonds. The first-order chi connectivity index (χ1) is 6.15. The minimum atomic E-state index is -0.109. The number of methoxy groups -OCH3 is 1. The fraction of sp³-hybridized carbons (Fsp3) is 0.900. The van der Waals surface area contributed by atoms with E-state index in [1.165, 1.54) is 7.11 Å². The summed E-state index contributed by atoms with van der Waals surface area (Å²) in [5, 5.41) is 0. The molecule has 3 heteroatoms. The number of carbonyl (C=O) groups excluding carboxylic acids is 1. The molecule has 1 unspecified atom stereocenters. The van der Waals surface area contributed by atoms with Gasteiger partial charge in [0.25, 0.3) is 0 Å². The molecule has 1 aliphatic carbocycles. The Kier molecular flexibility index (Phi) is 2.06. The van der Waals surface area contributed by atoms with Gasteiger partial charge in [-0.3, -0.25) is 4.79 Å². The van der Waals surface area contributed by atoms with Crippen molar-refractivity contribution in [3.8, 4) is 0 Å². The highest BCUT2D eigenvalue weighted by molar-refractivity contribution is 5.69. The Balaban J connectivity index is 1.89. The number of rotatable bonds is 2. The highest BCUT2D eigenvalue weighted by Crippen LogP contribution is 2.54. The molecule has 0 radical (unpaired) electrons. The average Bonchev–Trinajstić information content (AvgIpc) is 2.38. The lowest BCUT2D eigenvalue weighted by Gasteiger charge is -2.47. The van der Waals surface area contributed by atoms with Crippen LogP contribution in [0.2, 0.25) is 0 Å². The van der Waals surface area contributed by atoms with Crippen molar-refractivity contribution >= 4 is 5.97 Å². The van der Waals surface area contributed by atoms with Crippen molar-refractivity contribution < 1.29 is 14.3 Å². The summed E-state index contributed by atoms with van der Waals surface area (Å²) in [4.78, 5) is 11.0. The molecule has 0 aromatic heterocycles. The summed E-state index contributed by atoms with van der Waals surface area (Å²) >= 11 is 0. The van der Waals surface area contributed by atoms with Gasteiger partial charge in [0, 0.05) is 6.61 Å². The molecule has 74 valence electrons. The molecule has 3 nitrogen and oxygen atoms in total. The van der Waals surface area contributed by atoms with E-state index in [4.69, 9.17) is 4.74 Å². The molecule has 2 rings (SSSR count). The van der Waals surface area contributed by atoms with E-state index in [-0.39, 0.29) is 5.97 Å². The number of esters is 1. The van der Waals surface area contributed by atoms with Gasteiger partial charge in [-0.05, 0) is 24.2 Å². The summed E-state index contributed by atoms with van der Waals surface area (Å²) in [6.45, 7) is 3.11. The monoisotopic (exact) mass is 184 g/mol. The van der Waals surface area contributed by atoms with Crippen molar-refractivity contribution in [1.82, 2.24) is 0 Å². The van der Waals surface area contributed by atoms with Gasteiger partial charge < -0.3 is 9.47 Å². The van der Waals surface area contributed by atoms with Gasteiger partial charge in [-0.15, -0.1) is 0 Å². The zero-order chi connectivity index (χ0) is 9.47. The van der Waals surface area contributed by atoms with E-state index in [0.717, 1.165) is 19.4 Å². The molecule has 0 N–H and O–H groups in total. The van der Waals surface area contributed by atoms with E-state index >= 15 is 0 Å². The molecule has 0 spiro atoms. The highest BCUT2D eigenvalue weighted by Gasteiger charge is 2.54. The molecule has 13 heavy (non-hydrogen) atoms. The number of carbonyl (C=O) groups is 1. The van der Waals surface area contributed by atoms with Crippen LogP contribution in [0, 0.1) is 11.3 Å². The molecule has 1 aliphatic heterocycles. The van der Waals surface area contributed by atoms with E-state index in [1.807, 2.05) is 0 Å². The van der Waals surface area contributed by atoms with E-state index in [9.17, 15) is 4.79 Å². The third-order valence-corrected chi connectivity index (χ3v) is 3.47. The van der Waals surface area contributed by atoms with Crippen molar-refractivity contribution in [2.75, 3.05) is 13.7 Å². The molecule has 3 atom stereocenters. The van der Waals surface area contributed by atoms with Crippen LogP contribution in [0.15, 0.2) is 0 Å². The lowest BCUT2D eigenvalue weighted by molar-refractivity contribution is -0.149. The minimum Gasteiger partial charge on any atom is -0.469 e. The van der Waals surface area contributed by atoms with Crippen LogP contribution in [-0.2, 0) is 14.3 Å². The van der Waals surface area contributed by atoms with Crippen LogP contribution < -0.4 is 0 Å². The zero-order valence-corrected chi connectivity index (χ0v) is 8.21. The Hall–Kier alpha value is -0.570. The van der Waals surface area contributed by atoms with Gasteiger partial charge in [0.2, 0.25) is 0 Å². The van der Waals surface area contributed by atoms with Crippen LogP contribution in [0.4, 0.5) is 0 Å². The maximum absolute atomic E-state index is 11.0. The lowest BCUT2D eigenvalue weighted by atomic mass is 9.59. The van der Waals surface area contributed by atoms with Gasteiger partial charge in [-0.1, -0.05) is 6.92 Å². The fourth-order valence-corrected chi connectivity index (χ4v) is 2.71. The van der Waals surface area contributed by atoms with Crippen molar-refractivity contribution in [3.05, 3.63) is 0 Å². The maximum atomic E-state index is 11.0. The topological polar surface area (TPSA) is 35.5 Å². The van der Waals surface area contributed by atoms with Crippen LogP contribution in [-0.4, -0.2) is 25.8 Å². The number of hydrogen-bond donors (Lipinski definition) is 0. The lowest BCUT2D eigenvalue weighted by Crippen LogP contribution is -2.48. The molecule has 1 saturated carbocycles. The highest BCUT2D eigenvalue weighted by atomic mass is 16.5. The van der Waals surface area contributed by atoms with Gasteiger partial charge in [0.15, 0.2) is 0 Å². The second-order valence-electron chi connectivity index (χ2n) is 4.44. The van der Waals surface area contributed by atoms with Crippen molar-refractivity contribution in [1.29, 1.82) is 0 Å². The van der Waals surface area contributed by atoms with Crippen LogP contribution >= 0.6 is 0 Å². The zero-order valence-electron chi connectivity index (χ0n) is 8.21. The Morgan fingerprint density at radius 1 is 1.69 bits per heavy atom. The summed E-state index contributed by atoms with van der Waals surface area (Å²) in [6.07, 6.45) is 3.10. The molecule has 0 bridgehead atoms. The molecule has 1 saturated heterocycles. The normalized spacial score (nSPS) is 42.3. The molecular weight excluding hydrogens is 168 g/mol. The SMILES string of the molecule is COC(=O)CC1C[C@]2(C)CCO[C@H]12. The third kappa shape index (κ3) is 1.35. The van der Waals surface area contributed by atoms with Crippen molar-refractivity contribution in [2.45, 2.75) is 32.3 Å². The number of ether oxygens (including phenoxy) is 2. The van der Waals surface area contributed by atoms with Crippen LogP contribution in [0.1, 0.15) is 26.2 Å². The van der Waals surface area contributed by atoms with Gasteiger partial charge in [-0.25, -0.2) is 0 Å². The van der Waals surface area contributed by atoms with Gasteiger partial charge in [0.05, 0.1) is 19.6 Å². The van der Waals surface area contributed by atoms with E-state index < -0.39 is 0 Å². The Labute approximate surface area is 78.4 Å². The van der Waals surface area contributed by atoms with E-state index in [1.54, 1.807) is 0 Å². The Morgan fingerprint density at radius 2 is 2.46 bits per heavy atom. The van der Waals surface area contributed by atoms with Gasteiger partial charge in [-0.2, -0.15) is 0 Å². The quantitative estimate of drug-likeness (QED) is 0.608. The summed E-state index contributed by atoms with van der Waals surface area (Å²) in [7, 11) is 1.44. The molecule has 2 aliphatic rings. The first kappa shape index (κ1) is 9.00. The Morgan fingerprint density at radius 3 is 3.08 bits per heavy atom. The molecule has 0 aromatic rings. The number of fused-ring (bicyclic) bond motifs is 1. The van der Waals surface area contributed by atoms with Crippen LogP contribution in [0.25, 0.3) is 0 Å². The largest absolute Gasteiger partial charge is 0.469 e. The molecular formula is C10H16O3. The molecule has 1 heterocycles. The third-order valence-electron chi connectivity index (χ3n) is 3.47. The Bertz CT molecular complexity index is 226. The van der Waals surface area contributed by atoms with Crippen molar-refractivity contribution in [2.24, 2.45) is 11.3 Å². The first-order valence-corrected chi connectivity index (χ1v) is 4.84. The number of hydrogen-bond acceptors (Lipinski definition) is 3. The van der Waals surface area contributed by atoms with E-state index in [2.05, 4.69) is 11.7 Å². The smallest absolute Gasteiger partial charge is 0.305 e. The van der Waals surface area contributed by atoms with Crippen LogP contribution in [0.3, 0.4) is 0 Å². The van der Waals surface area contributed by atoms with Crippen LogP contribution in [0.5, 0.6) is 0 Å². The standard InChI is InChI=1S/C10H16O3/c1-10-3-4-13-9(10)7(6-10)5-8(11)12-2/h7,9H,3-6H2,1-2H3/t7?,9-,10+/m1/s1. The summed E-state index contributed by atoms with van der Waals surface area (Å²) in [5.74, 6) is 0.294. The molecule has 0 aromatic carbocycles. The van der Waals surface area contributed by atoms with Gasteiger partial charge in [0.1, 0.15) is 0 Å². The predicted octanol–water partition coefficient (Wildman–Crippen LogP) is 1.36. The van der Waals surface area contributed by atoms with E-state index in [0.29, 0.717) is 23.9 Å². The van der Waals surface area contributed by atoms with Crippen molar-refractivity contribution in [3.63, 3.8) is 0 Å². The minimum absolute atomic E-state index is 0.109. The second-order valence-corrected chi connectivity index (χ2v) is 4.44.